The highest BCUT2D eigenvalue weighted by molar-refractivity contribution is 7.12. The maximum absolute atomic E-state index is 6.10. The Balaban J connectivity index is 1.76. The second-order valence-corrected chi connectivity index (χ2v) is 7.88. The van der Waals surface area contributed by atoms with Crippen molar-refractivity contribution in [1.29, 1.82) is 0 Å². The average Bonchev–Trinajstić information content (AvgIpc) is 3.12. The van der Waals surface area contributed by atoms with Gasteiger partial charge >= 0.3 is 0 Å². The Kier molecular flexibility index (Phi) is 3.78. The fourth-order valence-electron chi connectivity index (χ4n) is 3.83. The molecule has 3 aromatic rings. The second-order valence-electron chi connectivity index (χ2n) is 6.66. The number of nitrogens with two attached hydrogens (primary N) is 1. The molecule has 2 heterocycles. The van der Waals surface area contributed by atoms with E-state index in [2.05, 4.69) is 48.9 Å². The molecule has 1 unspecified atom stereocenters. The van der Waals surface area contributed by atoms with Crippen molar-refractivity contribution in [3.05, 3.63) is 45.6 Å². The van der Waals surface area contributed by atoms with Gasteiger partial charge in [0.15, 0.2) is 0 Å². The van der Waals surface area contributed by atoms with E-state index in [1.165, 1.54) is 39.0 Å². The topological polar surface area (TPSA) is 30.9 Å². The molecular weight excluding hydrogens is 300 g/mol. The van der Waals surface area contributed by atoms with Crippen LogP contribution >= 0.6 is 11.3 Å². The van der Waals surface area contributed by atoms with Gasteiger partial charge in [0.05, 0.1) is 5.69 Å². The van der Waals surface area contributed by atoms with E-state index in [0.717, 1.165) is 25.7 Å². The van der Waals surface area contributed by atoms with Crippen molar-refractivity contribution >= 4 is 22.2 Å². The molecule has 1 aliphatic rings. The van der Waals surface area contributed by atoms with Gasteiger partial charge in [0.25, 0.3) is 0 Å². The van der Waals surface area contributed by atoms with E-state index in [0.29, 0.717) is 6.04 Å². The number of benzene rings is 1. The predicted molar refractivity (Wildman–Crippen MR) is 100 cm³/mol. The molecule has 1 aliphatic carbocycles. The molecule has 0 spiro atoms. The Morgan fingerprint density at radius 2 is 2.09 bits per heavy atom. The number of aryl methyl sites for hydroxylation is 4. The van der Waals surface area contributed by atoms with Gasteiger partial charge in [-0.1, -0.05) is 25.1 Å². The van der Waals surface area contributed by atoms with E-state index in [1.54, 1.807) is 4.88 Å². The molecule has 0 amide bonds. The van der Waals surface area contributed by atoms with Crippen LogP contribution in [0, 0.1) is 0 Å². The zero-order valence-corrected chi connectivity index (χ0v) is 14.7. The monoisotopic (exact) mass is 324 g/mol. The molecular formula is C20H24N2S. The van der Waals surface area contributed by atoms with Crippen LogP contribution in [-0.2, 0) is 26.3 Å². The van der Waals surface area contributed by atoms with Gasteiger partial charge in [-0.2, -0.15) is 0 Å². The van der Waals surface area contributed by atoms with Gasteiger partial charge in [-0.3, -0.25) is 0 Å². The first-order chi connectivity index (χ1) is 11.2. The highest BCUT2D eigenvalue weighted by Crippen LogP contribution is 2.43. The van der Waals surface area contributed by atoms with E-state index >= 15 is 0 Å². The molecule has 0 saturated carbocycles. The molecule has 0 aliphatic heterocycles. The van der Waals surface area contributed by atoms with Crippen molar-refractivity contribution in [2.75, 3.05) is 0 Å². The second kappa shape index (κ2) is 5.81. The van der Waals surface area contributed by atoms with Crippen LogP contribution in [0.15, 0.2) is 30.3 Å². The summed E-state index contributed by atoms with van der Waals surface area (Å²) in [6, 6.07) is 11.6. The Hall–Kier alpha value is -1.58. The lowest BCUT2D eigenvalue weighted by Gasteiger charge is -2.14. The Labute approximate surface area is 141 Å². The molecule has 120 valence electrons. The number of fused-ring (bicyclic) bond motifs is 5. The molecule has 3 heteroatoms. The summed E-state index contributed by atoms with van der Waals surface area (Å²) in [7, 11) is 2.21. The van der Waals surface area contributed by atoms with Crippen molar-refractivity contribution in [2.24, 2.45) is 12.8 Å². The summed E-state index contributed by atoms with van der Waals surface area (Å²) >= 11 is 2.00. The van der Waals surface area contributed by atoms with Gasteiger partial charge in [-0.15, -0.1) is 11.3 Å². The summed E-state index contributed by atoms with van der Waals surface area (Å²) in [5.74, 6) is 0. The third-order valence-corrected chi connectivity index (χ3v) is 6.47. The van der Waals surface area contributed by atoms with Crippen LogP contribution in [0.1, 0.15) is 35.1 Å². The lowest BCUT2D eigenvalue weighted by Crippen LogP contribution is -2.18. The Morgan fingerprint density at radius 3 is 2.91 bits per heavy atom. The first-order valence-electron chi connectivity index (χ1n) is 8.62. The highest BCUT2D eigenvalue weighted by Gasteiger charge is 2.24. The molecule has 0 radical (unpaired) electrons. The molecule has 23 heavy (non-hydrogen) atoms. The van der Waals surface area contributed by atoms with Crippen LogP contribution in [0.2, 0.25) is 0 Å². The summed E-state index contributed by atoms with van der Waals surface area (Å²) < 4.78 is 2.39. The minimum Gasteiger partial charge on any atom is -0.343 e. The van der Waals surface area contributed by atoms with Crippen molar-refractivity contribution in [3.8, 4) is 11.3 Å². The largest absolute Gasteiger partial charge is 0.343 e. The molecule has 4 rings (SSSR count). The third-order valence-electron chi connectivity index (χ3n) is 5.21. The number of hydrogen-bond acceptors (Lipinski definition) is 2. The quantitative estimate of drug-likeness (QED) is 0.742. The van der Waals surface area contributed by atoms with E-state index in [1.807, 2.05) is 11.3 Å². The van der Waals surface area contributed by atoms with Crippen LogP contribution in [0.3, 0.4) is 0 Å². The fourth-order valence-corrected chi connectivity index (χ4v) is 5.01. The van der Waals surface area contributed by atoms with Gasteiger partial charge in [0.1, 0.15) is 0 Å². The molecule has 2 aromatic heterocycles. The third kappa shape index (κ3) is 2.43. The minimum absolute atomic E-state index is 0.335. The number of rotatable bonds is 4. The first-order valence-corrected chi connectivity index (χ1v) is 9.44. The van der Waals surface area contributed by atoms with Crippen molar-refractivity contribution in [3.63, 3.8) is 0 Å². The van der Waals surface area contributed by atoms with E-state index < -0.39 is 0 Å². The standard InChI is InChI=1S/C20H24N2S/c1-3-13(21)8-9-14-12-17-19(23-14)11-10-16-15-6-4-5-7-18(15)22(2)20(16)17/h4-7,12-13H,3,8-11,21H2,1-2H3. The SMILES string of the molecule is CCC(N)CCc1cc2c(s1)CCc1c-2n(C)c2ccccc12. The molecule has 0 bridgehead atoms. The number of aromatic nitrogens is 1. The summed E-state index contributed by atoms with van der Waals surface area (Å²) in [5, 5.41) is 1.43. The van der Waals surface area contributed by atoms with E-state index in [4.69, 9.17) is 5.73 Å². The zero-order valence-electron chi connectivity index (χ0n) is 13.9. The van der Waals surface area contributed by atoms with Crippen molar-refractivity contribution in [1.82, 2.24) is 4.57 Å². The number of nitrogens with zero attached hydrogens (tertiary/aromatic N) is 1. The molecule has 0 saturated heterocycles. The van der Waals surface area contributed by atoms with Crippen molar-refractivity contribution < 1.29 is 0 Å². The lowest BCUT2D eigenvalue weighted by molar-refractivity contribution is 0.599. The Bertz CT molecular complexity index is 856. The van der Waals surface area contributed by atoms with E-state index in [-0.39, 0.29) is 0 Å². The fraction of sp³-hybridized carbons (Fsp3) is 0.400. The zero-order chi connectivity index (χ0) is 16.0. The van der Waals surface area contributed by atoms with Gasteiger partial charge in [0.2, 0.25) is 0 Å². The van der Waals surface area contributed by atoms with Crippen LogP contribution < -0.4 is 5.73 Å². The van der Waals surface area contributed by atoms with Crippen LogP contribution in [0.4, 0.5) is 0 Å². The molecule has 1 atom stereocenters. The highest BCUT2D eigenvalue weighted by atomic mass is 32.1. The maximum atomic E-state index is 6.10. The Morgan fingerprint density at radius 1 is 1.26 bits per heavy atom. The first kappa shape index (κ1) is 15.0. The number of thiophene rings is 1. The van der Waals surface area contributed by atoms with Crippen LogP contribution in [-0.4, -0.2) is 10.6 Å². The maximum Gasteiger partial charge on any atom is 0.0532 e. The van der Waals surface area contributed by atoms with Crippen molar-refractivity contribution in [2.45, 2.75) is 45.1 Å². The van der Waals surface area contributed by atoms with Gasteiger partial charge in [-0.25, -0.2) is 0 Å². The summed E-state index contributed by atoms with van der Waals surface area (Å²) in [6.45, 7) is 2.17. The summed E-state index contributed by atoms with van der Waals surface area (Å²) in [4.78, 5) is 3.06. The van der Waals surface area contributed by atoms with Gasteiger partial charge in [0, 0.05) is 39.3 Å². The summed E-state index contributed by atoms with van der Waals surface area (Å²) in [5.41, 5.74) is 11.9. The number of para-hydroxylation sites is 1. The average molecular weight is 324 g/mol. The molecule has 2 N–H and O–H groups in total. The lowest BCUT2D eigenvalue weighted by atomic mass is 9.94. The molecule has 2 nitrogen and oxygen atoms in total. The smallest absolute Gasteiger partial charge is 0.0532 e. The minimum atomic E-state index is 0.335. The van der Waals surface area contributed by atoms with Gasteiger partial charge < -0.3 is 10.3 Å². The summed E-state index contributed by atoms with van der Waals surface area (Å²) in [6.07, 6.45) is 5.63. The van der Waals surface area contributed by atoms with Crippen LogP contribution in [0.25, 0.3) is 22.2 Å². The van der Waals surface area contributed by atoms with Gasteiger partial charge in [-0.05, 0) is 49.8 Å². The molecule has 1 aromatic carbocycles. The normalized spacial score (nSPS) is 14.7. The van der Waals surface area contributed by atoms with E-state index in [9.17, 15) is 0 Å². The number of hydrogen-bond donors (Lipinski definition) is 1. The predicted octanol–water partition coefficient (Wildman–Crippen LogP) is 4.68. The molecule has 0 fully saturated rings. The van der Waals surface area contributed by atoms with Crippen LogP contribution in [0.5, 0.6) is 0 Å².